The van der Waals surface area contributed by atoms with Gasteiger partial charge >= 0.3 is 12.1 Å². The van der Waals surface area contributed by atoms with Crippen LogP contribution in [0.4, 0.5) is 13.2 Å². The van der Waals surface area contributed by atoms with Crippen LogP contribution in [0.25, 0.3) is 0 Å². The van der Waals surface area contributed by atoms with Crippen LogP contribution in [-0.4, -0.2) is 74.2 Å². The third kappa shape index (κ3) is 6.60. The molecule has 4 rings (SSSR count). The number of nitrogens with zero attached hydrogens (tertiary/aromatic N) is 2. The van der Waals surface area contributed by atoms with Crippen molar-refractivity contribution >= 4 is 16.0 Å². The Bertz CT molecular complexity index is 926. The standard InChI is InChI=1S/C20H30N2O3S.C2HF3O2/c1-2-11-21-12-9-20(10-13-21)15-22(14-17-7-8-17)26(23,24)19-6-4-3-5-18(19)25-16-20;3-2(4,5)1(6)7/h3-6,17H,2,7-16H2,1H3;(H,6,7). The van der Waals surface area contributed by atoms with E-state index in [1.54, 1.807) is 22.5 Å². The average Bonchev–Trinajstić information content (AvgIpc) is 3.57. The van der Waals surface area contributed by atoms with Crippen molar-refractivity contribution in [2.75, 3.05) is 39.3 Å². The molecule has 1 N–H and O–H groups in total. The van der Waals surface area contributed by atoms with Crippen molar-refractivity contribution in [3.05, 3.63) is 24.3 Å². The number of sulfonamides is 1. The molecule has 11 heteroatoms. The molecule has 0 radical (unpaired) electrons. The summed E-state index contributed by atoms with van der Waals surface area (Å²) < 4.78 is 66.3. The summed E-state index contributed by atoms with van der Waals surface area (Å²) in [5.74, 6) is -1.70. The van der Waals surface area contributed by atoms with Crippen molar-refractivity contribution in [2.45, 2.75) is 50.1 Å². The molecule has 0 amide bonds. The second-order valence-electron chi connectivity index (χ2n) is 9.12. The number of fused-ring (bicyclic) bond motifs is 1. The van der Waals surface area contributed by atoms with Gasteiger partial charge in [0.15, 0.2) is 0 Å². The Morgan fingerprint density at radius 2 is 1.82 bits per heavy atom. The molecule has 1 aromatic carbocycles. The van der Waals surface area contributed by atoms with Crippen LogP contribution in [0.2, 0.25) is 0 Å². The van der Waals surface area contributed by atoms with Gasteiger partial charge < -0.3 is 14.7 Å². The van der Waals surface area contributed by atoms with Crippen LogP contribution < -0.4 is 4.74 Å². The number of carboxylic acids is 1. The molecule has 1 saturated heterocycles. The fourth-order valence-electron chi connectivity index (χ4n) is 4.28. The van der Waals surface area contributed by atoms with Crippen molar-refractivity contribution in [1.82, 2.24) is 9.21 Å². The molecule has 2 heterocycles. The van der Waals surface area contributed by atoms with E-state index in [1.165, 1.54) is 6.42 Å². The monoisotopic (exact) mass is 492 g/mol. The molecule has 0 aromatic heterocycles. The molecule has 33 heavy (non-hydrogen) atoms. The summed E-state index contributed by atoms with van der Waals surface area (Å²) in [7, 11) is -3.50. The zero-order valence-corrected chi connectivity index (χ0v) is 19.5. The van der Waals surface area contributed by atoms with Gasteiger partial charge in [0.05, 0.1) is 6.61 Å². The van der Waals surface area contributed by atoms with Crippen LogP contribution in [0.1, 0.15) is 39.0 Å². The second kappa shape index (κ2) is 10.2. The second-order valence-corrected chi connectivity index (χ2v) is 11.0. The average molecular weight is 493 g/mol. The van der Waals surface area contributed by atoms with Gasteiger partial charge in [0.1, 0.15) is 10.6 Å². The molecule has 2 fully saturated rings. The molecule has 186 valence electrons. The van der Waals surface area contributed by atoms with Crippen LogP contribution in [-0.2, 0) is 14.8 Å². The number of carboxylic acid groups (broad SMARTS) is 1. The molecule has 0 atom stereocenters. The topological polar surface area (TPSA) is 87.2 Å². The lowest BCUT2D eigenvalue weighted by Crippen LogP contribution is -2.52. The van der Waals surface area contributed by atoms with E-state index in [9.17, 15) is 21.6 Å². The molecule has 0 bridgehead atoms. The number of para-hydroxylation sites is 1. The predicted octanol–water partition coefficient (Wildman–Crippen LogP) is 3.61. The number of hydrogen-bond acceptors (Lipinski definition) is 5. The van der Waals surface area contributed by atoms with Crippen LogP contribution in [0.5, 0.6) is 5.75 Å². The maximum Gasteiger partial charge on any atom is 0.490 e. The van der Waals surface area contributed by atoms with Crippen LogP contribution >= 0.6 is 0 Å². The number of benzene rings is 1. The molecular formula is C22H31F3N2O5S. The first-order valence-corrected chi connectivity index (χ1v) is 12.7. The Morgan fingerprint density at radius 3 is 2.36 bits per heavy atom. The van der Waals surface area contributed by atoms with Gasteiger partial charge in [-0.2, -0.15) is 17.5 Å². The lowest BCUT2D eigenvalue weighted by Gasteiger charge is -2.45. The summed E-state index contributed by atoms with van der Waals surface area (Å²) in [5, 5.41) is 7.12. The Hall–Kier alpha value is -1.85. The molecule has 2 aliphatic heterocycles. The number of halogens is 3. The minimum Gasteiger partial charge on any atom is -0.492 e. The molecule has 1 aliphatic carbocycles. The van der Waals surface area contributed by atoms with Crippen molar-refractivity contribution in [1.29, 1.82) is 0 Å². The first kappa shape index (κ1) is 25.8. The number of likely N-dealkylation sites (tertiary alicyclic amines) is 1. The Balaban J connectivity index is 0.000000383. The zero-order valence-electron chi connectivity index (χ0n) is 18.7. The third-order valence-corrected chi connectivity index (χ3v) is 8.22. The van der Waals surface area contributed by atoms with Gasteiger partial charge in [0, 0.05) is 18.5 Å². The number of aliphatic carboxylic acids is 1. The van der Waals surface area contributed by atoms with Gasteiger partial charge in [-0.1, -0.05) is 19.1 Å². The molecule has 0 unspecified atom stereocenters. The lowest BCUT2D eigenvalue weighted by atomic mass is 9.78. The van der Waals surface area contributed by atoms with Crippen LogP contribution in [0, 0.1) is 11.3 Å². The Morgan fingerprint density at radius 1 is 1.21 bits per heavy atom. The fourth-order valence-corrected chi connectivity index (χ4v) is 6.04. The number of hydrogen-bond donors (Lipinski definition) is 1. The minimum absolute atomic E-state index is 0.0697. The van der Waals surface area contributed by atoms with Crippen molar-refractivity contribution in [3.63, 3.8) is 0 Å². The largest absolute Gasteiger partial charge is 0.492 e. The summed E-state index contributed by atoms with van der Waals surface area (Å²) in [6.07, 6.45) is 0.402. The van der Waals surface area contributed by atoms with Gasteiger partial charge in [0.25, 0.3) is 0 Å². The minimum atomic E-state index is -5.08. The first-order valence-electron chi connectivity index (χ1n) is 11.2. The highest BCUT2D eigenvalue weighted by Crippen LogP contribution is 2.41. The van der Waals surface area contributed by atoms with E-state index in [-0.39, 0.29) is 5.41 Å². The molecular weight excluding hydrogens is 461 g/mol. The van der Waals surface area contributed by atoms with E-state index in [2.05, 4.69) is 11.8 Å². The summed E-state index contributed by atoms with van der Waals surface area (Å²) >= 11 is 0. The Labute approximate surface area is 192 Å². The van der Waals surface area contributed by atoms with E-state index in [1.807, 2.05) is 6.07 Å². The van der Waals surface area contributed by atoms with Crippen LogP contribution in [0.3, 0.4) is 0 Å². The van der Waals surface area contributed by atoms with E-state index < -0.39 is 22.2 Å². The summed E-state index contributed by atoms with van der Waals surface area (Å²) in [6, 6.07) is 7.13. The fraction of sp³-hybridized carbons (Fsp3) is 0.682. The molecule has 3 aliphatic rings. The van der Waals surface area contributed by atoms with Gasteiger partial charge in [0.2, 0.25) is 10.0 Å². The summed E-state index contributed by atoms with van der Waals surface area (Å²) in [4.78, 5) is 11.7. The predicted molar refractivity (Wildman–Crippen MR) is 116 cm³/mol. The Kier molecular flexibility index (Phi) is 7.95. The summed E-state index contributed by atoms with van der Waals surface area (Å²) in [5.41, 5.74) is -0.0697. The number of rotatable bonds is 4. The van der Waals surface area contributed by atoms with E-state index >= 15 is 0 Å². The highest BCUT2D eigenvalue weighted by atomic mass is 32.2. The van der Waals surface area contributed by atoms with Crippen molar-refractivity contribution < 1.29 is 36.2 Å². The SMILES string of the molecule is CCCN1CCC2(CC1)COc1ccccc1S(=O)(=O)N(CC1CC1)C2.O=C(O)C(F)(F)F. The zero-order chi connectivity index (χ0) is 24.3. The maximum absolute atomic E-state index is 13.4. The summed E-state index contributed by atoms with van der Waals surface area (Å²) in [6.45, 7) is 7.29. The highest BCUT2D eigenvalue weighted by molar-refractivity contribution is 7.89. The van der Waals surface area contributed by atoms with Crippen LogP contribution in [0.15, 0.2) is 29.2 Å². The number of ether oxygens (including phenoxy) is 1. The van der Waals surface area contributed by atoms with Gasteiger partial charge in [-0.05, 0) is 69.8 Å². The molecule has 1 aromatic rings. The van der Waals surface area contributed by atoms with Crippen molar-refractivity contribution in [2.24, 2.45) is 11.3 Å². The molecule has 1 spiro atoms. The van der Waals surface area contributed by atoms with Gasteiger partial charge in [-0.15, -0.1) is 0 Å². The van der Waals surface area contributed by atoms with E-state index in [0.29, 0.717) is 36.3 Å². The lowest BCUT2D eigenvalue weighted by molar-refractivity contribution is -0.192. The van der Waals surface area contributed by atoms with Gasteiger partial charge in [-0.3, -0.25) is 0 Å². The quantitative estimate of drug-likeness (QED) is 0.691. The van der Waals surface area contributed by atoms with Crippen molar-refractivity contribution in [3.8, 4) is 5.75 Å². The normalized spacial score (nSPS) is 22.8. The smallest absolute Gasteiger partial charge is 0.490 e. The third-order valence-electron chi connectivity index (χ3n) is 6.37. The number of piperidine rings is 1. The number of carbonyl (C=O) groups is 1. The van der Waals surface area contributed by atoms with E-state index in [0.717, 1.165) is 45.3 Å². The maximum atomic E-state index is 13.4. The van der Waals surface area contributed by atoms with Gasteiger partial charge in [-0.25, -0.2) is 13.2 Å². The number of alkyl halides is 3. The molecule has 1 saturated carbocycles. The first-order chi connectivity index (χ1) is 15.5. The highest BCUT2D eigenvalue weighted by Gasteiger charge is 2.44. The van der Waals surface area contributed by atoms with E-state index in [4.69, 9.17) is 14.6 Å². The molecule has 7 nitrogen and oxygen atoms in total.